The molecule has 0 spiro atoms. The minimum atomic E-state index is 0.395. The molecular formula is C20H25N7S. The van der Waals surface area contributed by atoms with Crippen LogP contribution in [0.2, 0.25) is 0 Å². The third-order valence-corrected chi connectivity index (χ3v) is 5.29. The summed E-state index contributed by atoms with van der Waals surface area (Å²) in [6.07, 6.45) is 1.73. The zero-order valence-corrected chi connectivity index (χ0v) is 16.9. The van der Waals surface area contributed by atoms with Crippen LogP contribution < -0.4 is 16.2 Å². The molecule has 0 aliphatic heterocycles. The smallest absolute Gasteiger partial charge is 0.264 e. The Morgan fingerprint density at radius 1 is 1.07 bits per heavy atom. The van der Waals surface area contributed by atoms with Crippen molar-refractivity contribution in [2.45, 2.75) is 24.8 Å². The number of nitrogens with two attached hydrogens (primary N) is 1. The number of aromatic nitrogens is 3. The fourth-order valence-corrected chi connectivity index (χ4v) is 3.51. The van der Waals surface area contributed by atoms with Gasteiger partial charge in [-0.2, -0.15) is 5.10 Å². The first-order valence-electron chi connectivity index (χ1n) is 9.22. The van der Waals surface area contributed by atoms with Crippen LogP contribution in [0.3, 0.4) is 0 Å². The Morgan fingerprint density at radius 2 is 1.79 bits per heavy atom. The number of nitrogen functional groups attached to an aromatic ring is 1. The molecule has 3 N–H and O–H groups in total. The highest BCUT2D eigenvalue weighted by atomic mass is 32.2. The Kier molecular flexibility index (Phi) is 6.91. The van der Waals surface area contributed by atoms with Gasteiger partial charge in [0.2, 0.25) is 5.16 Å². The van der Waals surface area contributed by atoms with Crippen molar-refractivity contribution in [3.63, 3.8) is 0 Å². The molecular weight excluding hydrogens is 370 g/mol. The number of hydrazone groups is 1. The van der Waals surface area contributed by atoms with Crippen molar-refractivity contribution in [2.24, 2.45) is 5.10 Å². The first-order valence-corrected chi connectivity index (χ1v) is 10.2. The normalized spacial score (nSPS) is 11.1. The zero-order valence-electron chi connectivity index (χ0n) is 16.1. The van der Waals surface area contributed by atoms with Gasteiger partial charge in [-0.05, 0) is 37.1 Å². The van der Waals surface area contributed by atoms with Crippen LogP contribution in [0.5, 0.6) is 0 Å². The SMILES string of the molecule is CCN(CC)c1ccc(/C=N/Nc2nnc(SCc3ccccc3)n2N)cc1. The maximum Gasteiger partial charge on any atom is 0.264 e. The summed E-state index contributed by atoms with van der Waals surface area (Å²) < 4.78 is 1.41. The minimum absolute atomic E-state index is 0.395. The summed E-state index contributed by atoms with van der Waals surface area (Å²) in [7, 11) is 0. The Hall–Kier alpha value is -3.00. The second kappa shape index (κ2) is 9.80. The summed E-state index contributed by atoms with van der Waals surface area (Å²) in [5, 5.41) is 13.0. The van der Waals surface area contributed by atoms with Gasteiger partial charge in [-0.25, -0.2) is 10.1 Å². The van der Waals surface area contributed by atoms with E-state index >= 15 is 0 Å². The van der Waals surface area contributed by atoms with Gasteiger partial charge in [0.1, 0.15) is 0 Å². The van der Waals surface area contributed by atoms with Gasteiger partial charge in [-0.1, -0.05) is 54.2 Å². The topological polar surface area (TPSA) is 84.4 Å². The van der Waals surface area contributed by atoms with Crippen molar-refractivity contribution in [2.75, 3.05) is 29.3 Å². The molecule has 0 saturated heterocycles. The average molecular weight is 396 g/mol. The molecule has 0 aliphatic rings. The number of nitrogens with one attached hydrogen (secondary N) is 1. The molecule has 0 bridgehead atoms. The predicted octanol–water partition coefficient (Wildman–Crippen LogP) is 3.58. The summed E-state index contributed by atoms with van der Waals surface area (Å²) in [4.78, 5) is 2.30. The van der Waals surface area contributed by atoms with Gasteiger partial charge in [-0.15, -0.1) is 10.2 Å². The maximum atomic E-state index is 6.06. The Bertz CT molecular complexity index is 887. The summed E-state index contributed by atoms with van der Waals surface area (Å²) in [6.45, 7) is 6.28. The van der Waals surface area contributed by atoms with Crippen molar-refractivity contribution in [1.29, 1.82) is 0 Å². The lowest BCUT2D eigenvalue weighted by Gasteiger charge is -2.20. The van der Waals surface area contributed by atoms with Crippen LogP contribution in [0.4, 0.5) is 11.6 Å². The summed E-state index contributed by atoms with van der Waals surface area (Å²) >= 11 is 1.53. The molecule has 1 aromatic heterocycles. The molecule has 0 fully saturated rings. The fourth-order valence-electron chi connectivity index (χ4n) is 2.70. The maximum absolute atomic E-state index is 6.06. The summed E-state index contributed by atoms with van der Waals surface area (Å²) in [6, 6.07) is 18.4. The summed E-state index contributed by atoms with van der Waals surface area (Å²) in [5.41, 5.74) is 6.25. The van der Waals surface area contributed by atoms with Gasteiger partial charge in [0.15, 0.2) is 0 Å². The Morgan fingerprint density at radius 3 is 2.46 bits per heavy atom. The van der Waals surface area contributed by atoms with E-state index < -0.39 is 0 Å². The number of hydrogen-bond donors (Lipinski definition) is 2. The molecule has 7 nitrogen and oxygen atoms in total. The zero-order chi connectivity index (χ0) is 19.8. The number of thioether (sulfide) groups is 1. The quantitative estimate of drug-likeness (QED) is 0.249. The van der Waals surface area contributed by atoms with Crippen LogP contribution >= 0.6 is 11.8 Å². The Balaban J connectivity index is 1.56. The van der Waals surface area contributed by atoms with Gasteiger partial charge in [0, 0.05) is 24.5 Å². The van der Waals surface area contributed by atoms with Crippen LogP contribution in [0.25, 0.3) is 0 Å². The molecule has 3 aromatic rings. The molecule has 1 heterocycles. The van der Waals surface area contributed by atoms with E-state index in [0.717, 1.165) is 24.4 Å². The molecule has 8 heteroatoms. The van der Waals surface area contributed by atoms with Gasteiger partial charge < -0.3 is 10.7 Å². The molecule has 0 aliphatic carbocycles. The predicted molar refractivity (Wildman–Crippen MR) is 117 cm³/mol. The number of rotatable bonds is 9. The van der Waals surface area contributed by atoms with Crippen molar-refractivity contribution < 1.29 is 0 Å². The van der Waals surface area contributed by atoms with E-state index in [1.807, 2.05) is 30.3 Å². The highest BCUT2D eigenvalue weighted by Crippen LogP contribution is 2.21. The monoisotopic (exact) mass is 395 g/mol. The van der Waals surface area contributed by atoms with Crippen LogP contribution in [0.1, 0.15) is 25.0 Å². The lowest BCUT2D eigenvalue weighted by Crippen LogP contribution is -2.21. The van der Waals surface area contributed by atoms with Gasteiger partial charge in [0.05, 0.1) is 6.21 Å². The largest absolute Gasteiger partial charge is 0.372 e. The lowest BCUT2D eigenvalue weighted by atomic mass is 10.2. The van der Waals surface area contributed by atoms with Crippen molar-refractivity contribution >= 4 is 29.6 Å². The first-order chi connectivity index (χ1) is 13.7. The summed E-state index contributed by atoms with van der Waals surface area (Å²) in [5.74, 6) is 7.23. The second-order valence-electron chi connectivity index (χ2n) is 6.08. The van der Waals surface area contributed by atoms with E-state index in [1.54, 1.807) is 6.21 Å². The minimum Gasteiger partial charge on any atom is -0.372 e. The van der Waals surface area contributed by atoms with Crippen LogP contribution in [-0.2, 0) is 5.75 Å². The standard InChI is InChI=1S/C20H25N7S/c1-3-26(4-2)18-12-10-16(11-13-18)14-22-23-19-24-25-20(27(19)21)28-15-17-8-6-5-7-9-17/h5-14H,3-4,15,21H2,1-2H3,(H,23,24)/b22-14+. The lowest BCUT2D eigenvalue weighted by molar-refractivity contribution is 0.847. The molecule has 0 radical (unpaired) electrons. The Labute approximate surface area is 169 Å². The van der Waals surface area contributed by atoms with E-state index in [0.29, 0.717) is 11.1 Å². The number of hydrogen-bond acceptors (Lipinski definition) is 7. The van der Waals surface area contributed by atoms with Gasteiger partial charge in [-0.3, -0.25) is 0 Å². The second-order valence-corrected chi connectivity index (χ2v) is 7.03. The first kappa shape index (κ1) is 19.8. The van der Waals surface area contributed by atoms with Crippen LogP contribution in [-0.4, -0.2) is 34.2 Å². The van der Waals surface area contributed by atoms with Crippen molar-refractivity contribution in [1.82, 2.24) is 14.9 Å². The van der Waals surface area contributed by atoms with Crippen molar-refractivity contribution in [3.8, 4) is 0 Å². The molecule has 2 aromatic carbocycles. The van der Waals surface area contributed by atoms with E-state index in [-0.39, 0.29) is 0 Å². The third kappa shape index (κ3) is 5.04. The molecule has 0 unspecified atom stereocenters. The molecule has 0 amide bonds. The molecule has 146 valence electrons. The molecule has 0 saturated carbocycles. The van der Waals surface area contributed by atoms with Gasteiger partial charge in [0.25, 0.3) is 5.95 Å². The molecule has 0 atom stereocenters. The highest BCUT2D eigenvalue weighted by Gasteiger charge is 2.09. The third-order valence-electron chi connectivity index (χ3n) is 4.28. The van der Waals surface area contributed by atoms with Crippen LogP contribution in [0, 0.1) is 0 Å². The number of nitrogens with zero attached hydrogens (tertiary/aromatic N) is 5. The molecule has 28 heavy (non-hydrogen) atoms. The fraction of sp³-hybridized carbons (Fsp3) is 0.250. The number of anilines is 2. The van der Waals surface area contributed by atoms with E-state index in [9.17, 15) is 0 Å². The van der Waals surface area contributed by atoms with Crippen molar-refractivity contribution in [3.05, 3.63) is 65.7 Å². The van der Waals surface area contributed by atoms with E-state index in [4.69, 9.17) is 5.84 Å². The average Bonchev–Trinajstić information content (AvgIpc) is 3.09. The number of benzene rings is 2. The molecule has 3 rings (SSSR count). The van der Waals surface area contributed by atoms with Crippen LogP contribution in [0.15, 0.2) is 64.9 Å². The highest BCUT2D eigenvalue weighted by molar-refractivity contribution is 7.98. The van der Waals surface area contributed by atoms with E-state index in [1.165, 1.54) is 27.7 Å². The van der Waals surface area contributed by atoms with Gasteiger partial charge >= 0.3 is 0 Å². The van der Waals surface area contributed by atoms with E-state index in [2.05, 4.69) is 63.7 Å².